The van der Waals surface area contributed by atoms with Crippen LogP contribution in [0.2, 0.25) is 0 Å². The predicted molar refractivity (Wildman–Crippen MR) is 119 cm³/mol. The minimum absolute atomic E-state index is 0.671. The average Bonchev–Trinajstić information content (AvgIpc) is 3.23. The molecule has 1 aliphatic rings. The lowest BCUT2D eigenvalue weighted by molar-refractivity contribution is 0.460. The molecule has 146 valence electrons. The fourth-order valence-corrected chi connectivity index (χ4v) is 4.88. The second kappa shape index (κ2) is 8.39. The van der Waals surface area contributed by atoms with Crippen molar-refractivity contribution >= 4 is 21.6 Å². The van der Waals surface area contributed by atoms with E-state index in [4.69, 9.17) is 4.98 Å². The molecule has 0 atom stereocenters. The van der Waals surface area contributed by atoms with Gasteiger partial charge in [0.05, 0.1) is 15.7 Å². The Hall–Kier alpha value is -2.63. The van der Waals surface area contributed by atoms with Crippen molar-refractivity contribution in [2.45, 2.75) is 31.6 Å². The van der Waals surface area contributed by atoms with Crippen LogP contribution < -0.4 is 5.32 Å². The van der Waals surface area contributed by atoms with Gasteiger partial charge in [0, 0.05) is 24.7 Å². The summed E-state index contributed by atoms with van der Waals surface area (Å²) >= 11 is 1.68. The quantitative estimate of drug-likeness (QED) is 0.526. The summed E-state index contributed by atoms with van der Waals surface area (Å²) in [5, 5.41) is 3.45. The van der Waals surface area contributed by atoms with Gasteiger partial charge < -0.3 is 5.32 Å². The van der Waals surface area contributed by atoms with Gasteiger partial charge in [0.1, 0.15) is 5.82 Å². The van der Waals surface area contributed by atoms with Crippen molar-refractivity contribution in [1.82, 2.24) is 20.3 Å². The third-order valence-corrected chi connectivity index (χ3v) is 6.46. The molecule has 1 N–H and O–H groups in total. The molecule has 3 heterocycles. The highest BCUT2D eigenvalue weighted by molar-refractivity contribution is 7.16. The van der Waals surface area contributed by atoms with E-state index in [1.807, 2.05) is 17.8 Å². The molecule has 1 fully saturated rings. The molecular weight excluding hydrogens is 376 g/mol. The van der Waals surface area contributed by atoms with Crippen LogP contribution in [0.25, 0.3) is 10.2 Å². The molecule has 0 aliphatic carbocycles. The summed E-state index contributed by atoms with van der Waals surface area (Å²) in [5.41, 5.74) is 8.04. The smallest absolute Gasteiger partial charge is 0.132 e. The van der Waals surface area contributed by atoms with Crippen LogP contribution in [-0.4, -0.2) is 28.0 Å². The predicted octanol–water partition coefficient (Wildman–Crippen LogP) is 4.73. The molecule has 0 amide bonds. The number of rotatable bonds is 5. The zero-order valence-electron chi connectivity index (χ0n) is 16.3. The molecule has 0 bridgehead atoms. The van der Waals surface area contributed by atoms with Crippen molar-refractivity contribution in [2.75, 3.05) is 13.1 Å². The van der Waals surface area contributed by atoms with E-state index < -0.39 is 0 Å². The Morgan fingerprint density at radius 3 is 2.76 bits per heavy atom. The van der Waals surface area contributed by atoms with Crippen molar-refractivity contribution in [3.05, 3.63) is 88.4 Å². The average molecular weight is 401 g/mol. The number of hydrogen-bond donors (Lipinski definition) is 1. The minimum atomic E-state index is 0.671. The molecule has 4 aromatic rings. The molecule has 2 aromatic heterocycles. The summed E-state index contributed by atoms with van der Waals surface area (Å²) in [6.07, 6.45) is 5.93. The summed E-state index contributed by atoms with van der Waals surface area (Å²) in [7, 11) is 0. The van der Waals surface area contributed by atoms with Gasteiger partial charge in [-0.2, -0.15) is 0 Å². The third-order valence-electron chi connectivity index (χ3n) is 5.67. The molecule has 2 aromatic carbocycles. The van der Waals surface area contributed by atoms with Gasteiger partial charge in [-0.3, -0.25) is 0 Å². The molecule has 29 heavy (non-hydrogen) atoms. The van der Waals surface area contributed by atoms with Gasteiger partial charge in [0.2, 0.25) is 0 Å². The van der Waals surface area contributed by atoms with Gasteiger partial charge in [-0.1, -0.05) is 30.3 Å². The van der Waals surface area contributed by atoms with E-state index in [1.165, 1.54) is 34.2 Å². The van der Waals surface area contributed by atoms with E-state index in [1.54, 1.807) is 11.3 Å². The minimum Gasteiger partial charge on any atom is -0.317 e. The van der Waals surface area contributed by atoms with Gasteiger partial charge in [-0.05, 0) is 66.7 Å². The number of nitrogens with zero attached hydrogens (tertiary/aromatic N) is 3. The molecule has 5 heteroatoms. The topological polar surface area (TPSA) is 50.7 Å². The summed E-state index contributed by atoms with van der Waals surface area (Å²) in [4.78, 5) is 13.7. The van der Waals surface area contributed by atoms with E-state index in [0.29, 0.717) is 5.92 Å². The number of benzene rings is 2. The normalized spacial score (nSPS) is 15.0. The van der Waals surface area contributed by atoms with Crippen LogP contribution in [0.3, 0.4) is 0 Å². The van der Waals surface area contributed by atoms with Crippen LogP contribution in [0, 0.1) is 0 Å². The molecule has 0 unspecified atom stereocenters. The maximum absolute atomic E-state index is 4.84. The summed E-state index contributed by atoms with van der Waals surface area (Å²) < 4.78 is 1.23. The highest BCUT2D eigenvalue weighted by Crippen LogP contribution is 2.26. The monoisotopic (exact) mass is 400 g/mol. The second-order valence-corrected chi connectivity index (χ2v) is 8.63. The molecule has 5 rings (SSSR count). The van der Waals surface area contributed by atoms with Crippen LogP contribution in [0.4, 0.5) is 0 Å². The first-order valence-corrected chi connectivity index (χ1v) is 11.1. The molecule has 0 spiro atoms. The van der Waals surface area contributed by atoms with Crippen molar-refractivity contribution in [1.29, 1.82) is 0 Å². The van der Waals surface area contributed by atoms with Crippen LogP contribution in [0.5, 0.6) is 0 Å². The first-order chi connectivity index (χ1) is 14.3. The first kappa shape index (κ1) is 18.4. The Morgan fingerprint density at radius 2 is 1.83 bits per heavy atom. The Kier molecular flexibility index (Phi) is 5.33. The van der Waals surface area contributed by atoms with E-state index >= 15 is 0 Å². The molecular formula is C24H24N4S. The first-order valence-electron chi connectivity index (χ1n) is 10.3. The molecule has 4 nitrogen and oxygen atoms in total. The summed E-state index contributed by atoms with van der Waals surface area (Å²) in [6.45, 7) is 2.24. The van der Waals surface area contributed by atoms with Gasteiger partial charge in [0.25, 0.3) is 0 Å². The van der Waals surface area contributed by atoms with Gasteiger partial charge in [-0.15, -0.1) is 11.3 Å². The molecule has 0 saturated carbocycles. The Morgan fingerprint density at radius 1 is 0.931 bits per heavy atom. The lowest BCUT2D eigenvalue weighted by Gasteiger charge is -2.23. The third kappa shape index (κ3) is 4.36. The zero-order chi connectivity index (χ0) is 19.5. The van der Waals surface area contributed by atoms with Crippen LogP contribution in [0.1, 0.15) is 47.0 Å². The van der Waals surface area contributed by atoms with E-state index in [9.17, 15) is 0 Å². The van der Waals surface area contributed by atoms with Crippen LogP contribution >= 0.6 is 11.3 Å². The Bertz CT molecular complexity index is 1110. The van der Waals surface area contributed by atoms with E-state index in [2.05, 4.69) is 57.7 Å². The number of piperidine rings is 1. The lowest BCUT2D eigenvalue weighted by Crippen LogP contribution is -2.26. The standard InChI is InChI=1S/C24H24N4S/c1-2-17(12-20(3-1)19-6-9-25-10-7-19)15-24-26-11-8-21(28-24)13-18-4-5-22-23(14-18)29-16-27-22/h1-5,8,11-12,14,16,19,25H,6-7,9-10,13,15H2. The lowest BCUT2D eigenvalue weighted by atomic mass is 9.89. The second-order valence-electron chi connectivity index (χ2n) is 7.74. The summed E-state index contributed by atoms with van der Waals surface area (Å²) in [5.74, 6) is 1.56. The van der Waals surface area contributed by atoms with Crippen molar-refractivity contribution in [3.63, 3.8) is 0 Å². The SMILES string of the molecule is c1cc(Cc2nccc(Cc3ccc4ncsc4c3)n2)cc(C2CCNCC2)c1. The van der Waals surface area contributed by atoms with Crippen molar-refractivity contribution < 1.29 is 0 Å². The van der Waals surface area contributed by atoms with E-state index in [-0.39, 0.29) is 0 Å². The number of aromatic nitrogens is 3. The Balaban J connectivity index is 1.32. The number of nitrogens with one attached hydrogen (secondary N) is 1. The maximum Gasteiger partial charge on any atom is 0.132 e. The van der Waals surface area contributed by atoms with Crippen LogP contribution in [0.15, 0.2) is 60.2 Å². The highest BCUT2D eigenvalue weighted by atomic mass is 32.1. The molecule has 1 saturated heterocycles. The fraction of sp³-hybridized carbons (Fsp3) is 0.292. The van der Waals surface area contributed by atoms with Gasteiger partial charge in [0.15, 0.2) is 0 Å². The number of hydrogen-bond acceptors (Lipinski definition) is 5. The number of thiazole rings is 1. The highest BCUT2D eigenvalue weighted by Gasteiger charge is 2.15. The summed E-state index contributed by atoms with van der Waals surface area (Å²) in [6, 6.07) is 17.5. The molecule has 0 radical (unpaired) electrons. The zero-order valence-corrected chi connectivity index (χ0v) is 17.2. The van der Waals surface area contributed by atoms with Crippen molar-refractivity contribution in [2.24, 2.45) is 0 Å². The fourth-order valence-electron chi connectivity index (χ4n) is 4.14. The van der Waals surface area contributed by atoms with Crippen LogP contribution in [-0.2, 0) is 12.8 Å². The Labute approximate surface area is 175 Å². The molecule has 1 aliphatic heterocycles. The van der Waals surface area contributed by atoms with E-state index in [0.717, 1.165) is 43.0 Å². The van der Waals surface area contributed by atoms with Gasteiger partial charge in [-0.25, -0.2) is 15.0 Å². The van der Waals surface area contributed by atoms with Gasteiger partial charge >= 0.3 is 0 Å². The van der Waals surface area contributed by atoms with Crippen molar-refractivity contribution in [3.8, 4) is 0 Å². The number of fused-ring (bicyclic) bond motifs is 1. The largest absolute Gasteiger partial charge is 0.317 e. The maximum atomic E-state index is 4.84.